The Hall–Kier alpha value is -1.24. The molecule has 1 aromatic heterocycles. The van der Waals surface area contributed by atoms with E-state index in [-0.39, 0.29) is 0 Å². The minimum Gasteiger partial charge on any atom is -0.361 e. The van der Waals surface area contributed by atoms with Crippen LogP contribution >= 0.6 is 0 Å². The summed E-state index contributed by atoms with van der Waals surface area (Å²) in [5.74, 6) is 0.597. The Balaban J connectivity index is 2.80. The molecule has 0 aliphatic rings. The Bertz CT molecular complexity index is 424. The molecule has 1 N–H and O–H groups in total. The zero-order valence-corrected chi connectivity index (χ0v) is 8.39. The third-order valence-corrected chi connectivity index (χ3v) is 2.57. The maximum atomic E-state index is 3.24. The first-order chi connectivity index (χ1) is 6.20. The smallest absolute Gasteiger partial charge is 0.0456 e. The quantitative estimate of drug-likeness (QED) is 0.678. The van der Waals surface area contributed by atoms with Gasteiger partial charge in [-0.1, -0.05) is 19.9 Å². The predicted octanol–water partition coefficient (Wildman–Crippen LogP) is 3.60. The van der Waals surface area contributed by atoms with Crippen molar-refractivity contribution in [2.24, 2.45) is 0 Å². The van der Waals surface area contributed by atoms with Gasteiger partial charge in [0.1, 0.15) is 0 Å². The number of aryl methyl sites for hydroxylation is 1. The van der Waals surface area contributed by atoms with E-state index >= 15 is 0 Å². The van der Waals surface area contributed by atoms with Gasteiger partial charge in [0.25, 0.3) is 0 Å². The highest BCUT2D eigenvalue weighted by Gasteiger charge is 2.08. The topological polar surface area (TPSA) is 15.8 Å². The van der Waals surface area contributed by atoms with Crippen molar-refractivity contribution in [3.63, 3.8) is 0 Å². The minimum atomic E-state index is 0.597. The van der Waals surface area contributed by atoms with Crippen LogP contribution < -0.4 is 0 Å². The number of hydrogen-bond acceptors (Lipinski definition) is 0. The molecule has 68 valence electrons. The Morgan fingerprint density at radius 3 is 2.62 bits per heavy atom. The van der Waals surface area contributed by atoms with Crippen molar-refractivity contribution in [2.75, 3.05) is 0 Å². The summed E-state index contributed by atoms with van der Waals surface area (Å²) in [5.41, 5.74) is 4.11. The van der Waals surface area contributed by atoms with Crippen LogP contribution in [-0.2, 0) is 0 Å². The highest BCUT2D eigenvalue weighted by atomic mass is 14.7. The molecule has 13 heavy (non-hydrogen) atoms. The molecule has 1 nitrogen and oxygen atoms in total. The molecule has 0 spiro atoms. The van der Waals surface area contributed by atoms with Gasteiger partial charge in [-0.25, -0.2) is 0 Å². The van der Waals surface area contributed by atoms with E-state index in [0.29, 0.717) is 5.92 Å². The van der Waals surface area contributed by atoms with Crippen LogP contribution in [0.3, 0.4) is 0 Å². The number of rotatable bonds is 1. The van der Waals surface area contributed by atoms with Crippen LogP contribution in [0.25, 0.3) is 10.9 Å². The van der Waals surface area contributed by atoms with Gasteiger partial charge in [-0.15, -0.1) is 0 Å². The lowest BCUT2D eigenvalue weighted by Gasteiger charge is -2.10. The van der Waals surface area contributed by atoms with Crippen molar-refractivity contribution < 1.29 is 0 Å². The molecule has 0 bridgehead atoms. The summed E-state index contributed by atoms with van der Waals surface area (Å²) in [6.07, 6.45) is 2.01. The third-order valence-electron chi connectivity index (χ3n) is 2.57. The molecule has 2 aromatic rings. The van der Waals surface area contributed by atoms with Crippen molar-refractivity contribution in [1.82, 2.24) is 4.98 Å². The van der Waals surface area contributed by atoms with E-state index in [2.05, 4.69) is 44.0 Å². The second kappa shape index (κ2) is 2.91. The van der Waals surface area contributed by atoms with Crippen molar-refractivity contribution in [1.29, 1.82) is 0 Å². The van der Waals surface area contributed by atoms with Gasteiger partial charge in [0.2, 0.25) is 0 Å². The molecule has 1 heteroatoms. The van der Waals surface area contributed by atoms with E-state index in [1.807, 2.05) is 6.20 Å². The van der Waals surface area contributed by atoms with Crippen LogP contribution in [-0.4, -0.2) is 4.98 Å². The molecule has 1 heterocycles. The van der Waals surface area contributed by atoms with E-state index in [9.17, 15) is 0 Å². The lowest BCUT2D eigenvalue weighted by Crippen LogP contribution is -1.92. The maximum absolute atomic E-state index is 3.24. The maximum Gasteiger partial charge on any atom is 0.0456 e. The number of benzene rings is 1. The summed E-state index contributed by atoms with van der Waals surface area (Å²) < 4.78 is 0. The van der Waals surface area contributed by atoms with Crippen molar-refractivity contribution in [3.8, 4) is 0 Å². The second-order valence-corrected chi connectivity index (χ2v) is 3.89. The van der Waals surface area contributed by atoms with Crippen molar-refractivity contribution in [2.45, 2.75) is 26.7 Å². The van der Waals surface area contributed by atoms with Gasteiger partial charge in [-0.05, 0) is 36.1 Å². The number of fused-ring (bicyclic) bond motifs is 1. The van der Waals surface area contributed by atoms with E-state index in [4.69, 9.17) is 0 Å². The third kappa shape index (κ3) is 1.24. The molecular formula is C12H15N. The summed E-state index contributed by atoms with van der Waals surface area (Å²) >= 11 is 0. The number of aromatic amines is 1. The molecule has 0 aliphatic heterocycles. The van der Waals surface area contributed by atoms with Gasteiger partial charge >= 0.3 is 0 Å². The molecule has 0 amide bonds. The first-order valence-corrected chi connectivity index (χ1v) is 4.76. The van der Waals surface area contributed by atoms with Crippen LogP contribution in [0.2, 0.25) is 0 Å². The number of hydrogen-bond donors (Lipinski definition) is 1. The lowest BCUT2D eigenvalue weighted by molar-refractivity contribution is 0.867. The van der Waals surface area contributed by atoms with E-state index in [1.54, 1.807) is 0 Å². The first-order valence-electron chi connectivity index (χ1n) is 4.76. The Kier molecular flexibility index (Phi) is 1.87. The number of H-pyrrole nitrogens is 1. The molecule has 0 saturated heterocycles. The zero-order valence-electron chi connectivity index (χ0n) is 8.39. The fourth-order valence-corrected chi connectivity index (χ4v) is 2.03. The SMILES string of the molecule is Cc1ccc2[nH]ccc2c1C(C)C. The van der Waals surface area contributed by atoms with Gasteiger partial charge in [0.15, 0.2) is 0 Å². The second-order valence-electron chi connectivity index (χ2n) is 3.89. The molecular weight excluding hydrogens is 158 g/mol. The van der Waals surface area contributed by atoms with E-state index in [0.717, 1.165) is 0 Å². The van der Waals surface area contributed by atoms with Crippen LogP contribution in [0.15, 0.2) is 24.4 Å². The number of aromatic nitrogens is 1. The van der Waals surface area contributed by atoms with Gasteiger partial charge in [-0.3, -0.25) is 0 Å². The fourth-order valence-electron chi connectivity index (χ4n) is 2.03. The van der Waals surface area contributed by atoms with Crippen LogP contribution in [0.1, 0.15) is 30.9 Å². The first kappa shape index (κ1) is 8.36. The van der Waals surface area contributed by atoms with Gasteiger partial charge in [0, 0.05) is 17.1 Å². The highest BCUT2D eigenvalue weighted by Crippen LogP contribution is 2.27. The molecule has 1 aromatic carbocycles. The Morgan fingerprint density at radius 1 is 1.15 bits per heavy atom. The Morgan fingerprint density at radius 2 is 1.92 bits per heavy atom. The zero-order chi connectivity index (χ0) is 9.42. The monoisotopic (exact) mass is 173 g/mol. The Labute approximate surface area is 78.8 Å². The van der Waals surface area contributed by atoms with Gasteiger partial charge < -0.3 is 4.98 Å². The highest BCUT2D eigenvalue weighted by molar-refractivity contribution is 5.84. The summed E-state index contributed by atoms with van der Waals surface area (Å²) in [5, 5.41) is 1.37. The molecule has 0 fully saturated rings. The molecule has 0 saturated carbocycles. The summed E-state index contributed by atoms with van der Waals surface area (Å²) in [7, 11) is 0. The standard InChI is InChI=1S/C12H15N/c1-8(2)12-9(3)4-5-11-10(12)6-7-13-11/h4-8,13H,1-3H3. The molecule has 2 rings (SSSR count). The largest absolute Gasteiger partial charge is 0.361 e. The van der Waals surface area contributed by atoms with Gasteiger partial charge in [0.05, 0.1) is 0 Å². The molecule has 0 aliphatic carbocycles. The van der Waals surface area contributed by atoms with Crippen LogP contribution in [0.5, 0.6) is 0 Å². The lowest BCUT2D eigenvalue weighted by atomic mass is 9.94. The number of nitrogens with one attached hydrogen (secondary N) is 1. The van der Waals surface area contributed by atoms with Gasteiger partial charge in [-0.2, -0.15) is 0 Å². The van der Waals surface area contributed by atoms with Crippen molar-refractivity contribution in [3.05, 3.63) is 35.5 Å². The summed E-state index contributed by atoms with van der Waals surface area (Å²) in [6, 6.07) is 6.50. The van der Waals surface area contributed by atoms with E-state index in [1.165, 1.54) is 22.0 Å². The molecule has 0 radical (unpaired) electrons. The average Bonchev–Trinajstić information content (AvgIpc) is 2.50. The minimum absolute atomic E-state index is 0.597. The summed E-state index contributed by atoms with van der Waals surface area (Å²) in [6.45, 7) is 6.67. The van der Waals surface area contributed by atoms with Crippen LogP contribution in [0, 0.1) is 6.92 Å². The van der Waals surface area contributed by atoms with E-state index < -0.39 is 0 Å². The molecule has 0 atom stereocenters. The average molecular weight is 173 g/mol. The fraction of sp³-hybridized carbons (Fsp3) is 0.333. The van der Waals surface area contributed by atoms with Crippen molar-refractivity contribution >= 4 is 10.9 Å². The molecule has 0 unspecified atom stereocenters. The normalized spacial score (nSPS) is 11.4. The predicted molar refractivity (Wildman–Crippen MR) is 57.1 cm³/mol. The van der Waals surface area contributed by atoms with Crippen LogP contribution in [0.4, 0.5) is 0 Å². The summed E-state index contributed by atoms with van der Waals surface area (Å²) in [4.78, 5) is 3.24.